The number of carbonyl (C=O) groups is 1. The molecule has 1 amide bonds. The fourth-order valence-electron chi connectivity index (χ4n) is 3.74. The number of alkyl halides is 6. The van der Waals surface area contributed by atoms with Crippen molar-refractivity contribution in [2.24, 2.45) is 16.8 Å². The fraction of sp³-hybridized carbons (Fsp3) is 0.269. The number of nitrogens with two attached hydrogens (primary N) is 1. The lowest BCUT2D eigenvalue weighted by Crippen LogP contribution is -2.20. The molecule has 37 heavy (non-hydrogen) atoms. The summed E-state index contributed by atoms with van der Waals surface area (Å²) in [5, 5.41) is 14.7. The lowest BCUT2D eigenvalue weighted by atomic mass is 9.93. The van der Waals surface area contributed by atoms with Crippen LogP contribution in [-0.4, -0.2) is 16.6 Å². The summed E-state index contributed by atoms with van der Waals surface area (Å²) in [5.41, 5.74) is 2.84. The van der Waals surface area contributed by atoms with E-state index >= 15 is 0 Å². The minimum absolute atomic E-state index is 0.0403. The number of benzene rings is 1. The number of hydrogen-bond donors (Lipinski definition) is 1. The summed E-state index contributed by atoms with van der Waals surface area (Å²) in [5.74, 6) is -1.42. The van der Waals surface area contributed by atoms with Crippen molar-refractivity contribution >= 4 is 11.6 Å². The Bertz CT molecular complexity index is 1260. The highest BCUT2D eigenvalue weighted by Gasteiger charge is 2.37. The molecule has 194 valence electrons. The number of rotatable bonds is 4. The second-order valence-electron chi connectivity index (χ2n) is 8.44. The summed E-state index contributed by atoms with van der Waals surface area (Å²) in [6, 6.07) is 3.31. The highest BCUT2D eigenvalue weighted by atomic mass is 19.4. The zero-order valence-corrected chi connectivity index (χ0v) is 19.6. The Hall–Kier alpha value is -4.07. The van der Waals surface area contributed by atoms with Crippen LogP contribution < -0.4 is 5.73 Å². The molecule has 0 spiro atoms. The van der Waals surface area contributed by atoms with Gasteiger partial charge in [0.1, 0.15) is 0 Å². The predicted molar refractivity (Wildman–Crippen MR) is 125 cm³/mol. The molecule has 0 radical (unpaired) electrons. The van der Waals surface area contributed by atoms with Crippen LogP contribution in [0.2, 0.25) is 0 Å². The van der Waals surface area contributed by atoms with E-state index in [-0.39, 0.29) is 29.3 Å². The maximum absolute atomic E-state index is 13.4. The molecule has 11 heteroatoms. The number of hydrogen-bond acceptors (Lipinski definition) is 4. The van der Waals surface area contributed by atoms with Gasteiger partial charge < -0.3 is 5.73 Å². The van der Waals surface area contributed by atoms with E-state index < -0.39 is 35.3 Å². The van der Waals surface area contributed by atoms with Gasteiger partial charge in [0, 0.05) is 23.9 Å². The Balaban J connectivity index is 2.16. The molecule has 1 aliphatic carbocycles. The number of primary amides is 1. The van der Waals surface area contributed by atoms with Crippen LogP contribution in [0.3, 0.4) is 0 Å². The number of allylic oxidation sites excluding steroid dienone is 6. The predicted octanol–water partition coefficient (Wildman–Crippen LogP) is 6.38. The van der Waals surface area contributed by atoms with E-state index in [1.807, 2.05) is 6.07 Å². The average molecular weight is 520 g/mol. The zero-order valence-electron chi connectivity index (χ0n) is 19.6. The minimum Gasteiger partial charge on any atom is -0.366 e. The number of nitrogens with zero attached hydrogens (tertiary/aromatic N) is 3. The van der Waals surface area contributed by atoms with Crippen LogP contribution in [0.4, 0.5) is 26.3 Å². The van der Waals surface area contributed by atoms with Gasteiger partial charge in [-0.15, -0.1) is 0 Å². The van der Waals surface area contributed by atoms with E-state index in [0.29, 0.717) is 36.1 Å². The molecule has 0 fully saturated rings. The minimum atomic E-state index is -5.01. The van der Waals surface area contributed by atoms with E-state index in [0.717, 1.165) is 5.01 Å². The molecule has 1 aromatic carbocycles. The van der Waals surface area contributed by atoms with Gasteiger partial charge in [-0.05, 0) is 54.7 Å². The van der Waals surface area contributed by atoms with Gasteiger partial charge in [-0.25, -0.2) is 5.01 Å². The number of carbonyl (C=O) groups excluding carboxylic acids is 1. The highest BCUT2D eigenvalue weighted by Crippen LogP contribution is 2.37. The summed E-state index contributed by atoms with van der Waals surface area (Å²) in [6.45, 7) is 1.61. The van der Waals surface area contributed by atoms with Gasteiger partial charge in [-0.2, -0.15) is 36.7 Å². The summed E-state index contributed by atoms with van der Waals surface area (Å²) < 4.78 is 80.5. The van der Waals surface area contributed by atoms with E-state index in [9.17, 15) is 36.4 Å². The molecule has 1 heterocycles. The SMILES string of the molecule is CC1CC=CN(C=C(C(N)=O)C2=CC(C#N)=CCCC=C2)N=C1c1cc(C(F)(F)F)cc(C(F)(F)F)c1. The third kappa shape index (κ3) is 7.00. The number of hydrazone groups is 1. The van der Waals surface area contributed by atoms with E-state index in [1.165, 1.54) is 18.5 Å². The van der Waals surface area contributed by atoms with Gasteiger partial charge in [0.2, 0.25) is 0 Å². The van der Waals surface area contributed by atoms with Crippen LogP contribution in [0.1, 0.15) is 42.9 Å². The first-order valence-corrected chi connectivity index (χ1v) is 11.1. The molecule has 0 saturated carbocycles. The quantitative estimate of drug-likeness (QED) is 0.370. The Morgan fingerprint density at radius 3 is 2.32 bits per heavy atom. The first kappa shape index (κ1) is 27.5. The maximum atomic E-state index is 13.4. The fourth-order valence-corrected chi connectivity index (χ4v) is 3.74. The normalized spacial score (nSPS) is 19.2. The van der Waals surface area contributed by atoms with Crippen LogP contribution in [0.15, 0.2) is 82.8 Å². The smallest absolute Gasteiger partial charge is 0.366 e. The molecular formula is C26H22F6N4O. The Kier molecular flexibility index (Phi) is 8.11. The van der Waals surface area contributed by atoms with Crippen LogP contribution in [0.25, 0.3) is 0 Å². The molecule has 0 aromatic heterocycles. The summed E-state index contributed by atoms with van der Waals surface area (Å²) in [6.07, 6.45) is 2.29. The van der Waals surface area contributed by atoms with Crippen molar-refractivity contribution in [2.75, 3.05) is 0 Å². The maximum Gasteiger partial charge on any atom is 0.416 e. The van der Waals surface area contributed by atoms with Gasteiger partial charge in [0.05, 0.1) is 28.5 Å². The molecule has 2 N–H and O–H groups in total. The average Bonchev–Trinajstić information content (AvgIpc) is 2.97. The van der Waals surface area contributed by atoms with Crippen molar-refractivity contribution in [2.45, 2.75) is 38.5 Å². The first-order chi connectivity index (χ1) is 17.3. The number of amides is 1. The van der Waals surface area contributed by atoms with E-state index in [1.54, 1.807) is 31.2 Å². The third-order valence-corrected chi connectivity index (χ3v) is 5.59. The molecular weight excluding hydrogens is 498 g/mol. The Morgan fingerprint density at radius 1 is 1.11 bits per heavy atom. The molecule has 1 aromatic rings. The van der Waals surface area contributed by atoms with Gasteiger partial charge in [-0.3, -0.25) is 4.79 Å². The second kappa shape index (κ2) is 10.9. The summed E-state index contributed by atoms with van der Waals surface area (Å²) in [7, 11) is 0. The topological polar surface area (TPSA) is 82.5 Å². The third-order valence-electron chi connectivity index (χ3n) is 5.59. The van der Waals surface area contributed by atoms with Gasteiger partial charge in [0.25, 0.3) is 5.91 Å². The largest absolute Gasteiger partial charge is 0.416 e. The molecule has 5 nitrogen and oxygen atoms in total. The standard InChI is InChI=1S/C26H22F6N4O/c1-16-6-5-9-36(15-22(24(34)37)18-8-4-2-3-7-17(10-18)14-33)35-23(16)19-11-20(25(27,28)29)13-21(12-19)26(30,31)32/h4-5,7-13,15-16H,2-3,6H2,1H3,(H2,34,37). The van der Waals surface area contributed by atoms with Gasteiger partial charge >= 0.3 is 12.4 Å². The van der Waals surface area contributed by atoms with Crippen molar-refractivity contribution in [3.8, 4) is 6.07 Å². The van der Waals surface area contributed by atoms with Gasteiger partial charge in [-0.1, -0.05) is 31.2 Å². The van der Waals surface area contributed by atoms with Crippen molar-refractivity contribution in [1.29, 1.82) is 5.26 Å². The van der Waals surface area contributed by atoms with Gasteiger partial charge in [0.15, 0.2) is 0 Å². The lowest BCUT2D eigenvalue weighted by molar-refractivity contribution is -0.143. The lowest BCUT2D eigenvalue weighted by Gasteiger charge is -2.19. The van der Waals surface area contributed by atoms with E-state index in [2.05, 4.69) is 5.10 Å². The molecule has 3 rings (SSSR count). The van der Waals surface area contributed by atoms with Crippen LogP contribution in [-0.2, 0) is 17.1 Å². The molecule has 0 saturated heterocycles. The first-order valence-electron chi connectivity index (χ1n) is 11.1. The summed E-state index contributed by atoms with van der Waals surface area (Å²) >= 11 is 0. The molecule has 0 bridgehead atoms. The molecule has 1 atom stereocenters. The van der Waals surface area contributed by atoms with Crippen molar-refractivity contribution in [3.05, 3.63) is 94.4 Å². The highest BCUT2D eigenvalue weighted by molar-refractivity contribution is 6.03. The van der Waals surface area contributed by atoms with Crippen LogP contribution in [0, 0.1) is 17.2 Å². The molecule has 2 aliphatic rings. The monoisotopic (exact) mass is 520 g/mol. The second-order valence-corrected chi connectivity index (χ2v) is 8.44. The van der Waals surface area contributed by atoms with Crippen LogP contribution in [0.5, 0.6) is 0 Å². The van der Waals surface area contributed by atoms with Crippen molar-refractivity contribution in [3.63, 3.8) is 0 Å². The Morgan fingerprint density at radius 2 is 1.76 bits per heavy atom. The molecule has 1 aliphatic heterocycles. The van der Waals surface area contributed by atoms with Crippen molar-refractivity contribution < 1.29 is 31.1 Å². The summed E-state index contributed by atoms with van der Waals surface area (Å²) in [4.78, 5) is 12.3. The van der Waals surface area contributed by atoms with Crippen molar-refractivity contribution in [1.82, 2.24) is 5.01 Å². The van der Waals surface area contributed by atoms with Crippen LogP contribution >= 0.6 is 0 Å². The number of halogens is 6. The Labute approximate surface area is 209 Å². The molecule has 1 unspecified atom stereocenters. The zero-order chi connectivity index (χ0) is 27.4. The van der Waals surface area contributed by atoms with E-state index in [4.69, 9.17) is 5.73 Å². The number of nitriles is 1.